The normalized spacial score (nSPS) is 11.7. The van der Waals surface area contributed by atoms with E-state index in [0.29, 0.717) is 16.8 Å². The molecule has 1 heterocycles. The highest BCUT2D eigenvalue weighted by Crippen LogP contribution is 2.11. The number of benzene rings is 1. The second kappa shape index (κ2) is 5.50. The van der Waals surface area contributed by atoms with Crippen LogP contribution in [-0.4, -0.2) is 18.6 Å². The molecule has 102 valence electrons. The van der Waals surface area contributed by atoms with E-state index >= 15 is 0 Å². The molecule has 5 nitrogen and oxygen atoms in total. The summed E-state index contributed by atoms with van der Waals surface area (Å²) in [5.74, 6) is -0.653. The quantitative estimate of drug-likeness (QED) is 0.872. The highest BCUT2D eigenvalue weighted by atomic mass is 32.2. The Morgan fingerprint density at radius 3 is 2.79 bits per heavy atom. The van der Waals surface area contributed by atoms with Crippen LogP contribution < -0.4 is 4.72 Å². The maximum atomic E-state index is 13.3. The number of halogens is 1. The van der Waals surface area contributed by atoms with Crippen molar-refractivity contribution in [2.75, 3.05) is 0 Å². The zero-order valence-corrected chi connectivity index (χ0v) is 11.2. The van der Waals surface area contributed by atoms with Crippen molar-refractivity contribution in [2.24, 2.45) is 0 Å². The third-order valence-corrected chi connectivity index (χ3v) is 3.93. The highest BCUT2D eigenvalue weighted by molar-refractivity contribution is 7.88. The molecule has 2 N–H and O–H groups in total. The molecule has 0 bridgehead atoms. The molecule has 0 saturated heterocycles. The Morgan fingerprint density at radius 2 is 2.16 bits per heavy atom. The minimum atomic E-state index is -3.50. The maximum absolute atomic E-state index is 13.3. The summed E-state index contributed by atoms with van der Waals surface area (Å²) >= 11 is 0. The van der Waals surface area contributed by atoms with Crippen molar-refractivity contribution in [3.05, 3.63) is 53.1 Å². The van der Waals surface area contributed by atoms with Crippen LogP contribution in [0.25, 0.3) is 0 Å². The predicted molar refractivity (Wildman–Crippen MR) is 69.2 cm³/mol. The Bertz CT molecular complexity index is 654. The molecule has 1 aromatic carbocycles. The summed E-state index contributed by atoms with van der Waals surface area (Å²) in [7, 11) is -3.50. The summed E-state index contributed by atoms with van der Waals surface area (Å²) in [5.41, 5.74) is 1.57. The van der Waals surface area contributed by atoms with Gasteiger partial charge in [0, 0.05) is 6.20 Å². The lowest BCUT2D eigenvalue weighted by molar-refractivity contribution is 0.579. The standard InChI is InChI=1S/C12H14FN3O2S/c1-9-2-3-10(6-12(9)13)8-19(17,18)15-7-11-4-5-14-16-11/h2-6,15H,7-8H2,1H3,(H,14,16). The highest BCUT2D eigenvalue weighted by Gasteiger charge is 2.12. The van der Waals surface area contributed by atoms with Gasteiger partial charge in [0.05, 0.1) is 18.0 Å². The van der Waals surface area contributed by atoms with Crippen molar-refractivity contribution < 1.29 is 12.8 Å². The Kier molecular flexibility index (Phi) is 3.96. The SMILES string of the molecule is Cc1ccc(CS(=O)(=O)NCc2ccn[nH]2)cc1F. The van der Waals surface area contributed by atoms with Crippen LogP contribution in [0.15, 0.2) is 30.5 Å². The van der Waals surface area contributed by atoms with E-state index in [9.17, 15) is 12.8 Å². The van der Waals surface area contributed by atoms with Gasteiger partial charge in [0.1, 0.15) is 5.82 Å². The summed E-state index contributed by atoms with van der Waals surface area (Å²) in [6.45, 7) is 1.76. The molecule has 7 heteroatoms. The van der Waals surface area contributed by atoms with E-state index in [1.54, 1.807) is 31.3 Å². The van der Waals surface area contributed by atoms with Crippen molar-refractivity contribution >= 4 is 10.0 Å². The van der Waals surface area contributed by atoms with Gasteiger partial charge in [-0.1, -0.05) is 12.1 Å². The number of rotatable bonds is 5. The van der Waals surface area contributed by atoms with Gasteiger partial charge in [-0.2, -0.15) is 5.10 Å². The van der Waals surface area contributed by atoms with Crippen LogP contribution in [0, 0.1) is 12.7 Å². The molecule has 2 aromatic rings. The lowest BCUT2D eigenvalue weighted by Crippen LogP contribution is -2.25. The number of nitrogens with one attached hydrogen (secondary N) is 2. The number of aromatic amines is 1. The molecular weight excluding hydrogens is 269 g/mol. The van der Waals surface area contributed by atoms with Crippen LogP contribution in [0.3, 0.4) is 0 Å². The fourth-order valence-electron chi connectivity index (χ4n) is 1.57. The monoisotopic (exact) mass is 283 g/mol. The maximum Gasteiger partial charge on any atom is 0.216 e. The fourth-order valence-corrected chi connectivity index (χ4v) is 2.66. The minimum Gasteiger partial charge on any atom is -0.281 e. The van der Waals surface area contributed by atoms with Crippen LogP contribution in [0.2, 0.25) is 0 Å². The van der Waals surface area contributed by atoms with Crippen molar-refractivity contribution in [3.63, 3.8) is 0 Å². The van der Waals surface area contributed by atoms with Gasteiger partial charge in [-0.15, -0.1) is 0 Å². The molecule has 0 spiro atoms. The first-order valence-corrected chi connectivity index (χ1v) is 7.32. The first-order valence-electron chi connectivity index (χ1n) is 5.67. The third kappa shape index (κ3) is 3.87. The number of hydrogen-bond donors (Lipinski definition) is 2. The Hall–Kier alpha value is -1.73. The van der Waals surface area contributed by atoms with Gasteiger partial charge in [-0.3, -0.25) is 5.10 Å². The molecule has 0 fully saturated rings. The largest absolute Gasteiger partial charge is 0.281 e. The molecule has 1 aromatic heterocycles. The van der Waals surface area contributed by atoms with Gasteiger partial charge in [-0.25, -0.2) is 17.5 Å². The van der Waals surface area contributed by atoms with Gasteiger partial charge in [-0.05, 0) is 30.2 Å². The topological polar surface area (TPSA) is 74.8 Å². The van der Waals surface area contributed by atoms with E-state index in [4.69, 9.17) is 0 Å². The number of aromatic nitrogens is 2. The number of sulfonamides is 1. The van der Waals surface area contributed by atoms with E-state index in [-0.39, 0.29) is 12.3 Å². The molecule has 2 rings (SSSR count). The van der Waals surface area contributed by atoms with E-state index in [1.165, 1.54) is 6.07 Å². The van der Waals surface area contributed by atoms with E-state index in [1.807, 2.05) is 0 Å². The second-order valence-electron chi connectivity index (χ2n) is 4.25. The molecule has 0 aliphatic heterocycles. The van der Waals surface area contributed by atoms with Crippen LogP contribution in [-0.2, 0) is 22.3 Å². The Morgan fingerprint density at radius 1 is 1.37 bits per heavy atom. The summed E-state index contributed by atoms with van der Waals surface area (Å²) in [5, 5.41) is 6.37. The van der Waals surface area contributed by atoms with E-state index in [0.717, 1.165) is 0 Å². The summed E-state index contributed by atoms with van der Waals surface area (Å²) in [6.07, 6.45) is 1.54. The lowest BCUT2D eigenvalue weighted by Gasteiger charge is -2.06. The number of hydrogen-bond acceptors (Lipinski definition) is 3. The summed E-state index contributed by atoms with van der Waals surface area (Å²) in [6, 6.07) is 6.09. The van der Waals surface area contributed by atoms with Gasteiger partial charge < -0.3 is 0 Å². The average Bonchev–Trinajstić information content (AvgIpc) is 2.84. The fraction of sp³-hybridized carbons (Fsp3) is 0.250. The first kappa shape index (κ1) is 13.7. The van der Waals surface area contributed by atoms with Crippen molar-refractivity contribution in [3.8, 4) is 0 Å². The van der Waals surface area contributed by atoms with Crippen LogP contribution in [0.4, 0.5) is 4.39 Å². The third-order valence-electron chi connectivity index (χ3n) is 2.63. The molecule has 0 aliphatic rings. The minimum absolute atomic E-state index is 0.136. The van der Waals surface area contributed by atoms with Crippen molar-refractivity contribution in [1.82, 2.24) is 14.9 Å². The molecule has 0 unspecified atom stereocenters. The van der Waals surface area contributed by atoms with Gasteiger partial charge in [0.15, 0.2) is 0 Å². The van der Waals surface area contributed by atoms with E-state index in [2.05, 4.69) is 14.9 Å². The number of H-pyrrole nitrogens is 1. The van der Waals surface area contributed by atoms with Crippen molar-refractivity contribution in [2.45, 2.75) is 19.2 Å². The molecule has 0 radical (unpaired) electrons. The number of nitrogens with zero attached hydrogens (tertiary/aromatic N) is 1. The van der Waals surface area contributed by atoms with Crippen LogP contribution in [0.1, 0.15) is 16.8 Å². The van der Waals surface area contributed by atoms with Crippen LogP contribution in [0.5, 0.6) is 0 Å². The van der Waals surface area contributed by atoms with Gasteiger partial charge in [0.25, 0.3) is 0 Å². The zero-order chi connectivity index (χ0) is 13.9. The average molecular weight is 283 g/mol. The second-order valence-corrected chi connectivity index (χ2v) is 6.05. The first-order chi connectivity index (χ1) is 8.96. The Labute approximate surface area is 110 Å². The Balaban J connectivity index is 2.02. The molecule has 0 aliphatic carbocycles. The predicted octanol–water partition coefficient (Wildman–Crippen LogP) is 1.48. The molecule has 0 atom stereocenters. The van der Waals surface area contributed by atoms with Crippen molar-refractivity contribution in [1.29, 1.82) is 0 Å². The van der Waals surface area contributed by atoms with Gasteiger partial charge >= 0.3 is 0 Å². The molecule has 0 saturated carbocycles. The molecule has 0 amide bonds. The van der Waals surface area contributed by atoms with Crippen LogP contribution >= 0.6 is 0 Å². The molecule has 19 heavy (non-hydrogen) atoms. The summed E-state index contributed by atoms with van der Waals surface area (Å²) < 4.78 is 39.4. The van der Waals surface area contributed by atoms with E-state index < -0.39 is 15.8 Å². The van der Waals surface area contributed by atoms with Gasteiger partial charge in [0.2, 0.25) is 10.0 Å². The lowest BCUT2D eigenvalue weighted by atomic mass is 10.2. The zero-order valence-electron chi connectivity index (χ0n) is 10.4. The molecular formula is C12H14FN3O2S. The summed E-state index contributed by atoms with van der Waals surface area (Å²) in [4.78, 5) is 0. The number of aryl methyl sites for hydroxylation is 1. The smallest absolute Gasteiger partial charge is 0.216 e.